The van der Waals surface area contributed by atoms with E-state index in [4.69, 9.17) is 5.26 Å². The summed E-state index contributed by atoms with van der Waals surface area (Å²) in [6.07, 6.45) is 3.06. The van der Waals surface area contributed by atoms with Gasteiger partial charge in [0.2, 0.25) is 0 Å². The van der Waals surface area contributed by atoms with Gasteiger partial charge in [0, 0.05) is 24.8 Å². The Kier molecular flexibility index (Phi) is 5.64. The van der Waals surface area contributed by atoms with Crippen LogP contribution in [0, 0.1) is 21.4 Å². The number of nitro groups is 1. The van der Waals surface area contributed by atoms with E-state index < -0.39 is 4.92 Å². The Morgan fingerprint density at radius 2 is 2.26 bits per heavy atom. The standard InChI is InChI=1S/C13H17N3O2S/c1-10(6-7-19-3)15(2)12-5-4-11(9-14)13(8-12)16(17)18/h4-5,8,10H,6-7H2,1-3H3. The molecule has 6 heteroatoms. The van der Waals surface area contributed by atoms with Gasteiger partial charge in [0.05, 0.1) is 4.92 Å². The van der Waals surface area contributed by atoms with Crippen molar-refractivity contribution in [2.75, 3.05) is 24.0 Å². The van der Waals surface area contributed by atoms with E-state index in [2.05, 4.69) is 13.2 Å². The van der Waals surface area contributed by atoms with Crippen LogP contribution in [0.4, 0.5) is 11.4 Å². The van der Waals surface area contributed by atoms with Gasteiger partial charge in [-0.1, -0.05) is 0 Å². The van der Waals surface area contributed by atoms with E-state index in [1.165, 1.54) is 12.1 Å². The molecule has 0 aliphatic rings. The summed E-state index contributed by atoms with van der Waals surface area (Å²) >= 11 is 1.78. The number of nitro benzene ring substituents is 1. The highest BCUT2D eigenvalue weighted by Gasteiger charge is 2.17. The van der Waals surface area contributed by atoms with Crippen LogP contribution >= 0.6 is 11.8 Å². The molecule has 0 saturated carbocycles. The van der Waals surface area contributed by atoms with Gasteiger partial charge < -0.3 is 4.90 Å². The maximum atomic E-state index is 10.9. The van der Waals surface area contributed by atoms with Crippen molar-refractivity contribution in [2.45, 2.75) is 19.4 Å². The summed E-state index contributed by atoms with van der Waals surface area (Å²) in [5.74, 6) is 1.05. The summed E-state index contributed by atoms with van der Waals surface area (Å²) in [7, 11) is 1.91. The maximum Gasteiger partial charge on any atom is 0.289 e. The number of anilines is 1. The SMILES string of the molecule is CSCCC(C)N(C)c1ccc(C#N)c([N+](=O)[O-])c1. The van der Waals surface area contributed by atoms with Crippen molar-refractivity contribution in [3.05, 3.63) is 33.9 Å². The van der Waals surface area contributed by atoms with Crippen molar-refractivity contribution in [2.24, 2.45) is 0 Å². The van der Waals surface area contributed by atoms with Crippen molar-refractivity contribution in [3.63, 3.8) is 0 Å². The number of rotatable bonds is 6. The third kappa shape index (κ3) is 3.86. The molecule has 0 bridgehead atoms. The number of hydrogen-bond donors (Lipinski definition) is 0. The molecular weight excluding hydrogens is 262 g/mol. The Morgan fingerprint density at radius 1 is 1.58 bits per heavy atom. The molecule has 1 atom stereocenters. The Bertz CT molecular complexity index is 499. The molecule has 1 rings (SSSR count). The van der Waals surface area contributed by atoms with Crippen LogP contribution in [0.5, 0.6) is 0 Å². The molecular formula is C13H17N3O2S. The molecule has 0 spiro atoms. The Labute approximate surface area is 117 Å². The summed E-state index contributed by atoms with van der Waals surface area (Å²) in [4.78, 5) is 12.4. The first kappa shape index (κ1) is 15.3. The largest absolute Gasteiger partial charge is 0.372 e. The fourth-order valence-corrected chi connectivity index (χ4v) is 2.30. The van der Waals surface area contributed by atoms with Gasteiger partial charge in [-0.25, -0.2) is 0 Å². The first-order valence-corrected chi connectivity index (χ1v) is 7.31. The summed E-state index contributed by atoms with van der Waals surface area (Å²) in [5.41, 5.74) is 0.724. The molecule has 0 N–H and O–H groups in total. The Balaban J connectivity index is 2.99. The molecule has 0 aliphatic carbocycles. The lowest BCUT2D eigenvalue weighted by atomic mass is 10.1. The van der Waals surface area contributed by atoms with Crippen LogP contribution in [-0.4, -0.2) is 30.0 Å². The maximum absolute atomic E-state index is 10.9. The second-order valence-corrected chi connectivity index (χ2v) is 5.30. The fourth-order valence-electron chi connectivity index (χ4n) is 1.72. The minimum Gasteiger partial charge on any atom is -0.372 e. The lowest BCUT2D eigenvalue weighted by Gasteiger charge is -2.26. The predicted octanol–water partition coefficient (Wildman–Crippen LogP) is 3.04. The third-order valence-corrected chi connectivity index (χ3v) is 3.75. The van der Waals surface area contributed by atoms with Gasteiger partial charge >= 0.3 is 0 Å². The van der Waals surface area contributed by atoms with Crippen molar-refractivity contribution in [1.29, 1.82) is 5.26 Å². The fraction of sp³-hybridized carbons (Fsp3) is 0.462. The average Bonchev–Trinajstić information content (AvgIpc) is 2.42. The van der Waals surface area contributed by atoms with Crippen molar-refractivity contribution in [3.8, 4) is 6.07 Å². The zero-order chi connectivity index (χ0) is 14.4. The van der Waals surface area contributed by atoms with Crippen molar-refractivity contribution in [1.82, 2.24) is 0 Å². The highest BCUT2D eigenvalue weighted by atomic mass is 32.2. The van der Waals surface area contributed by atoms with Gasteiger partial charge in [-0.05, 0) is 37.5 Å². The van der Waals surface area contributed by atoms with E-state index in [1.54, 1.807) is 17.8 Å². The molecule has 0 heterocycles. The second kappa shape index (κ2) is 7.00. The first-order chi connectivity index (χ1) is 9.01. The van der Waals surface area contributed by atoms with Crippen LogP contribution in [0.3, 0.4) is 0 Å². The Morgan fingerprint density at radius 3 is 2.79 bits per heavy atom. The van der Waals surface area contributed by atoms with E-state index in [0.717, 1.165) is 17.9 Å². The van der Waals surface area contributed by atoms with Crippen LogP contribution < -0.4 is 4.90 Å². The lowest BCUT2D eigenvalue weighted by Crippen LogP contribution is -2.29. The summed E-state index contributed by atoms with van der Waals surface area (Å²) in [6, 6.07) is 6.86. The average molecular weight is 279 g/mol. The highest BCUT2D eigenvalue weighted by molar-refractivity contribution is 7.98. The minimum atomic E-state index is -0.511. The molecule has 1 aromatic carbocycles. The topological polar surface area (TPSA) is 70.2 Å². The quantitative estimate of drug-likeness (QED) is 0.591. The van der Waals surface area contributed by atoms with Gasteiger partial charge in [-0.3, -0.25) is 10.1 Å². The van der Waals surface area contributed by atoms with E-state index >= 15 is 0 Å². The molecule has 0 fully saturated rings. The first-order valence-electron chi connectivity index (χ1n) is 5.91. The van der Waals surface area contributed by atoms with Crippen LogP contribution in [0.15, 0.2) is 18.2 Å². The summed E-state index contributed by atoms with van der Waals surface area (Å²) in [5, 5.41) is 19.8. The summed E-state index contributed by atoms with van der Waals surface area (Å²) in [6.45, 7) is 2.08. The molecule has 0 amide bonds. The molecule has 102 valence electrons. The molecule has 0 radical (unpaired) electrons. The van der Waals surface area contributed by atoms with Crippen LogP contribution in [0.1, 0.15) is 18.9 Å². The van der Waals surface area contributed by atoms with Crippen molar-refractivity contribution >= 4 is 23.1 Å². The van der Waals surface area contributed by atoms with E-state index in [1.807, 2.05) is 18.0 Å². The molecule has 1 aromatic rings. The number of nitrogens with zero attached hydrogens (tertiary/aromatic N) is 3. The monoisotopic (exact) mass is 279 g/mol. The summed E-state index contributed by atoms with van der Waals surface area (Å²) < 4.78 is 0. The highest BCUT2D eigenvalue weighted by Crippen LogP contribution is 2.26. The van der Waals surface area contributed by atoms with Crippen LogP contribution in [0.2, 0.25) is 0 Å². The van der Waals surface area contributed by atoms with E-state index in [0.29, 0.717) is 6.04 Å². The van der Waals surface area contributed by atoms with Crippen molar-refractivity contribution < 1.29 is 4.92 Å². The predicted molar refractivity (Wildman–Crippen MR) is 78.7 cm³/mol. The molecule has 0 saturated heterocycles. The van der Waals surface area contributed by atoms with E-state index in [-0.39, 0.29) is 11.3 Å². The van der Waals surface area contributed by atoms with Gasteiger partial charge in [0.15, 0.2) is 0 Å². The molecule has 19 heavy (non-hydrogen) atoms. The van der Waals surface area contributed by atoms with Crippen LogP contribution in [0.25, 0.3) is 0 Å². The second-order valence-electron chi connectivity index (χ2n) is 4.31. The van der Waals surface area contributed by atoms with E-state index in [9.17, 15) is 10.1 Å². The molecule has 1 unspecified atom stereocenters. The molecule has 0 aromatic heterocycles. The number of benzene rings is 1. The van der Waals surface area contributed by atoms with Gasteiger partial charge in [0.1, 0.15) is 11.6 Å². The van der Waals surface area contributed by atoms with Gasteiger partial charge in [-0.2, -0.15) is 17.0 Å². The van der Waals surface area contributed by atoms with Crippen LogP contribution in [-0.2, 0) is 0 Å². The number of hydrogen-bond acceptors (Lipinski definition) is 5. The minimum absolute atomic E-state index is 0.0962. The van der Waals surface area contributed by atoms with Gasteiger partial charge in [-0.15, -0.1) is 0 Å². The normalized spacial score (nSPS) is 11.7. The third-order valence-electron chi connectivity index (χ3n) is 3.11. The Hall–Kier alpha value is -1.74. The molecule has 5 nitrogen and oxygen atoms in total. The lowest BCUT2D eigenvalue weighted by molar-refractivity contribution is -0.385. The number of thioether (sulfide) groups is 1. The zero-order valence-electron chi connectivity index (χ0n) is 11.3. The zero-order valence-corrected chi connectivity index (χ0v) is 12.1. The molecule has 0 aliphatic heterocycles. The smallest absolute Gasteiger partial charge is 0.289 e. The number of nitriles is 1. The van der Waals surface area contributed by atoms with Gasteiger partial charge in [0.25, 0.3) is 5.69 Å².